The van der Waals surface area contributed by atoms with Crippen molar-refractivity contribution in [3.63, 3.8) is 0 Å². The minimum Gasteiger partial charge on any atom is -0.423 e. The Morgan fingerprint density at radius 1 is 1.32 bits per heavy atom. The van der Waals surface area contributed by atoms with Gasteiger partial charge in [-0.2, -0.15) is 0 Å². The van der Waals surface area contributed by atoms with Crippen LogP contribution in [0.5, 0.6) is 5.75 Å². The molecular formula is C19H19ClN2O3. The second kappa shape index (κ2) is 7.15. The van der Waals surface area contributed by atoms with Gasteiger partial charge in [-0.25, -0.2) is 4.79 Å². The Bertz CT molecular complexity index is 835. The maximum Gasteiger partial charge on any atom is 0.331 e. The van der Waals surface area contributed by atoms with Gasteiger partial charge >= 0.3 is 5.97 Å². The van der Waals surface area contributed by atoms with Crippen LogP contribution in [0.2, 0.25) is 5.02 Å². The van der Waals surface area contributed by atoms with Gasteiger partial charge in [0.15, 0.2) is 5.75 Å². The third kappa shape index (κ3) is 3.77. The summed E-state index contributed by atoms with van der Waals surface area (Å²) >= 11 is 6.04. The summed E-state index contributed by atoms with van der Waals surface area (Å²) in [4.78, 5) is 26.0. The van der Waals surface area contributed by atoms with Gasteiger partial charge in [0.05, 0.1) is 12.2 Å². The molecule has 2 aromatic rings. The van der Waals surface area contributed by atoms with Gasteiger partial charge in [-0.05, 0) is 42.7 Å². The fraction of sp³-hybridized carbons (Fsp3) is 0.263. The van der Waals surface area contributed by atoms with Gasteiger partial charge in [0.2, 0.25) is 5.91 Å². The third-order valence-electron chi connectivity index (χ3n) is 4.14. The van der Waals surface area contributed by atoms with Gasteiger partial charge in [0.25, 0.3) is 0 Å². The van der Waals surface area contributed by atoms with E-state index in [0.717, 1.165) is 23.2 Å². The van der Waals surface area contributed by atoms with Crippen LogP contribution in [0.25, 0.3) is 0 Å². The maximum absolute atomic E-state index is 12.6. The number of nitrogens with one attached hydrogen (secondary N) is 1. The molecule has 1 heterocycles. The minimum atomic E-state index is -0.396. The number of aryl methyl sites for hydroxylation is 2. The molecule has 1 amide bonds. The number of amides is 1. The number of carbonyl (C=O) groups excluding carboxylic acids is 2. The molecule has 0 bridgehead atoms. The number of benzene rings is 2. The second-order valence-corrected chi connectivity index (χ2v) is 6.39. The van der Waals surface area contributed by atoms with E-state index in [2.05, 4.69) is 5.32 Å². The zero-order valence-electron chi connectivity index (χ0n) is 14.1. The summed E-state index contributed by atoms with van der Waals surface area (Å²) in [5.74, 6) is -0.170. The average molecular weight is 359 g/mol. The molecule has 0 saturated heterocycles. The monoisotopic (exact) mass is 358 g/mol. The van der Waals surface area contributed by atoms with Crippen LogP contribution in [0, 0.1) is 6.92 Å². The minimum absolute atomic E-state index is 0.00910. The molecule has 25 heavy (non-hydrogen) atoms. The topological polar surface area (TPSA) is 58.6 Å². The highest BCUT2D eigenvalue weighted by molar-refractivity contribution is 6.31. The predicted molar refractivity (Wildman–Crippen MR) is 98.5 cm³/mol. The maximum atomic E-state index is 12.6. The van der Waals surface area contributed by atoms with Crippen molar-refractivity contribution in [3.05, 3.63) is 52.5 Å². The lowest BCUT2D eigenvalue weighted by atomic mass is 10.1. The predicted octanol–water partition coefficient (Wildman–Crippen LogP) is 3.57. The van der Waals surface area contributed by atoms with E-state index in [-0.39, 0.29) is 19.0 Å². The first-order chi connectivity index (χ1) is 12.0. The van der Waals surface area contributed by atoms with E-state index in [1.165, 1.54) is 0 Å². The van der Waals surface area contributed by atoms with E-state index in [1.54, 1.807) is 23.1 Å². The molecule has 2 aromatic carbocycles. The number of para-hydroxylation sites is 1. The van der Waals surface area contributed by atoms with Gasteiger partial charge in [0.1, 0.15) is 6.54 Å². The number of halogens is 1. The van der Waals surface area contributed by atoms with Gasteiger partial charge in [-0.3, -0.25) is 4.79 Å². The van der Waals surface area contributed by atoms with Crippen molar-refractivity contribution in [2.45, 2.75) is 20.3 Å². The summed E-state index contributed by atoms with van der Waals surface area (Å²) in [6, 6.07) is 10.9. The zero-order valence-corrected chi connectivity index (χ0v) is 14.9. The highest BCUT2D eigenvalue weighted by atomic mass is 35.5. The third-order valence-corrected chi connectivity index (χ3v) is 4.38. The van der Waals surface area contributed by atoms with Gasteiger partial charge < -0.3 is 15.0 Å². The lowest BCUT2D eigenvalue weighted by Crippen LogP contribution is -2.41. The molecular weight excluding hydrogens is 340 g/mol. The molecule has 0 saturated carbocycles. The molecule has 130 valence electrons. The first kappa shape index (κ1) is 17.3. The fourth-order valence-electron chi connectivity index (χ4n) is 2.92. The average Bonchev–Trinajstić information content (AvgIpc) is 2.57. The Balaban J connectivity index is 1.80. The normalized spacial score (nSPS) is 13.2. The number of carbonyl (C=O) groups is 2. The van der Waals surface area contributed by atoms with E-state index in [1.807, 2.05) is 32.0 Å². The van der Waals surface area contributed by atoms with Crippen LogP contribution in [0.15, 0.2) is 36.4 Å². The molecule has 0 atom stereocenters. The largest absolute Gasteiger partial charge is 0.423 e. The van der Waals surface area contributed by atoms with Crippen LogP contribution in [-0.4, -0.2) is 25.0 Å². The summed E-state index contributed by atoms with van der Waals surface area (Å²) in [6.07, 6.45) is 0.825. The standard InChI is InChI=1S/C19H19ClN2O3/c1-3-13-6-4-5-12(2)19(13)21-17(23)10-22-11-18(24)25-16-8-7-14(20)9-15(16)22/h4-9H,3,10-11H2,1-2H3,(H,21,23). The number of hydrogen-bond donors (Lipinski definition) is 1. The summed E-state index contributed by atoms with van der Waals surface area (Å²) in [5, 5.41) is 3.49. The van der Waals surface area contributed by atoms with E-state index < -0.39 is 5.97 Å². The molecule has 1 aliphatic rings. The summed E-state index contributed by atoms with van der Waals surface area (Å²) in [6.45, 7) is 4.06. The van der Waals surface area contributed by atoms with Gasteiger partial charge in [0, 0.05) is 10.7 Å². The zero-order chi connectivity index (χ0) is 18.0. The quantitative estimate of drug-likeness (QED) is 0.670. The van der Waals surface area contributed by atoms with Gasteiger partial charge in [-0.1, -0.05) is 36.7 Å². The molecule has 1 aliphatic heterocycles. The van der Waals surface area contributed by atoms with Crippen LogP contribution in [0.3, 0.4) is 0 Å². The Morgan fingerprint density at radius 3 is 2.88 bits per heavy atom. The van der Waals surface area contributed by atoms with Crippen molar-refractivity contribution in [2.24, 2.45) is 0 Å². The molecule has 0 radical (unpaired) electrons. The van der Waals surface area contributed by atoms with E-state index in [0.29, 0.717) is 16.5 Å². The second-order valence-electron chi connectivity index (χ2n) is 5.95. The lowest BCUT2D eigenvalue weighted by molar-refractivity contribution is -0.133. The number of ether oxygens (including phenoxy) is 1. The fourth-order valence-corrected chi connectivity index (χ4v) is 3.08. The van der Waals surface area contributed by atoms with Crippen molar-refractivity contribution in [1.29, 1.82) is 0 Å². The van der Waals surface area contributed by atoms with Gasteiger partial charge in [-0.15, -0.1) is 0 Å². The number of fused-ring (bicyclic) bond motifs is 1. The van der Waals surface area contributed by atoms with Crippen LogP contribution < -0.4 is 15.0 Å². The lowest BCUT2D eigenvalue weighted by Gasteiger charge is -2.29. The van der Waals surface area contributed by atoms with Crippen LogP contribution >= 0.6 is 11.6 Å². The Morgan fingerprint density at radius 2 is 2.12 bits per heavy atom. The number of rotatable bonds is 4. The Kier molecular flexibility index (Phi) is 4.95. The number of hydrogen-bond acceptors (Lipinski definition) is 4. The molecule has 0 unspecified atom stereocenters. The molecule has 6 heteroatoms. The van der Waals surface area contributed by atoms with Crippen molar-refractivity contribution in [1.82, 2.24) is 0 Å². The first-order valence-electron chi connectivity index (χ1n) is 8.11. The smallest absolute Gasteiger partial charge is 0.331 e. The van der Waals surface area contributed by atoms with Crippen molar-refractivity contribution < 1.29 is 14.3 Å². The van der Waals surface area contributed by atoms with E-state index >= 15 is 0 Å². The summed E-state index contributed by atoms with van der Waals surface area (Å²) in [5.41, 5.74) is 3.56. The highest BCUT2D eigenvalue weighted by Crippen LogP contribution is 2.34. The van der Waals surface area contributed by atoms with Crippen molar-refractivity contribution in [3.8, 4) is 5.75 Å². The molecule has 0 aliphatic carbocycles. The number of anilines is 2. The molecule has 5 nitrogen and oxygen atoms in total. The SMILES string of the molecule is CCc1cccc(C)c1NC(=O)CN1CC(=O)Oc2ccc(Cl)cc21. The van der Waals surface area contributed by atoms with E-state index in [9.17, 15) is 9.59 Å². The molecule has 0 aromatic heterocycles. The molecule has 0 fully saturated rings. The van der Waals surface area contributed by atoms with E-state index in [4.69, 9.17) is 16.3 Å². The summed E-state index contributed by atoms with van der Waals surface area (Å²) in [7, 11) is 0. The molecule has 3 rings (SSSR count). The van der Waals surface area contributed by atoms with Crippen LogP contribution in [-0.2, 0) is 16.0 Å². The Hall–Kier alpha value is -2.53. The molecule has 1 N–H and O–H groups in total. The van der Waals surface area contributed by atoms with Crippen molar-refractivity contribution in [2.75, 3.05) is 23.3 Å². The highest BCUT2D eigenvalue weighted by Gasteiger charge is 2.26. The summed E-state index contributed by atoms with van der Waals surface area (Å²) < 4.78 is 5.20. The molecule has 0 spiro atoms. The van der Waals surface area contributed by atoms with Crippen molar-refractivity contribution >= 4 is 34.9 Å². The number of nitrogens with zero attached hydrogens (tertiary/aromatic N) is 1. The van der Waals surface area contributed by atoms with Crippen LogP contribution in [0.1, 0.15) is 18.1 Å². The number of esters is 1. The first-order valence-corrected chi connectivity index (χ1v) is 8.49. The Labute approximate surface area is 151 Å². The van der Waals surface area contributed by atoms with Crippen LogP contribution in [0.4, 0.5) is 11.4 Å².